The first-order valence-corrected chi connectivity index (χ1v) is 10.6. The lowest BCUT2D eigenvalue weighted by Gasteiger charge is -2.35. The third kappa shape index (κ3) is 4.80. The minimum absolute atomic E-state index is 0.179. The van der Waals surface area contributed by atoms with Crippen molar-refractivity contribution in [2.24, 2.45) is 5.92 Å². The Bertz CT molecular complexity index is 652. The zero-order valence-electron chi connectivity index (χ0n) is 14.1. The Morgan fingerprint density at radius 2 is 1.79 bits per heavy atom. The fourth-order valence-electron chi connectivity index (χ4n) is 3.58. The van der Waals surface area contributed by atoms with E-state index in [0.29, 0.717) is 18.6 Å². The standard InChI is InChI=1S/C18H26N2O3S/c21-18(7-6-17-8-13-24(22,23)15-17)20-11-9-19(10-12-20)14-16-4-2-1-3-5-16/h1-5,17H,6-15H2. The molecule has 2 saturated heterocycles. The summed E-state index contributed by atoms with van der Waals surface area (Å²) in [6, 6.07) is 10.4. The Labute approximate surface area is 144 Å². The SMILES string of the molecule is O=C(CCC1CCS(=O)(=O)C1)N1CCN(Cc2ccccc2)CC1. The number of nitrogens with zero attached hydrogens (tertiary/aromatic N) is 2. The smallest absolute Gasteiger partial charge is 0.222 e. The van der Waals surface area contributed by atoms with Crippen LogP contribution in [0.3, 0.4) is 0 Å². The molecule has 0 bridgehead atoms. The second-order valence-electron chi connectivity index (χ2n) is 6.95. The number of piperazine rings is 1. The highest BCUT2D eigenvalue weighted by Gasteiger charge is 2.29. The normalized spacial score (nSPS) is 24.2. The van der Waals surface area contributed by atoms with Gasteiger partial charge in [-0.2, -0.15) is 0 Å². The van der Waals surface area contributed by atoms with Gasteiger partial charge in [0.15, 0.2) is 9.84 Å². The largest absolute Gasteiger partial charge is 0.340 e. The van der Waals surface area contributed by atoms with Crippen molar-refractivity contribution in [3.63, 3.8) is 0 Å². The van der Waals surface area contributed by atoms with E-state index >= 15 is 0 Å². The maximum absolute atomic E-state index is 12.3. The number of carbonyl (C=O) groups is 1. The molecule has 0 aromatic heterocycles. The molecule has 5 nitrogen and oxygen atoms in total. The maximum atomic E-state index is 12.3. The molecule has 24 heavy (non-hydrogen) atoms. The number of rotatable bonds is 5. The van der Waals surface area contributed by atoms with Crippen molar-refractivity contribution in [3.8, 4) is 0 Å². The first-order chi connectivity index (χ1) is 11.5. The number of hydrogen-bond donors (Lipinski definition) is 0. The zero-order valence-corrected chi connectivity index (χ0v) is 14.9. The fraction of sp³-hybridized carbons (Fsp3) is 0.611. The van der Waals surface area contributed by atoms with E-state index in [1.165, 1.54) is 5.56 Å². The second-order valence-corrected chi connectivity index (χ2v) is 9.18. The molecule has 2 aliphatic heterocycles. The lowest BCUT2D eigenvalue weighted by atomic mass is 10.0. The van der Waals surface area contributed by atoms with E-state index in [0.717, 1.165) is 39.1 Å². The molecule has 1 unspecified atom stereocenters. The number of sulfone groups is 1. The molecular weight excluding hydrogens is 324 g/mol. The van der Waals surface area contributed by atoms with Gasteiger partial charge in [0.1, 0.15) is 0 Å². The second kappa shape index (κ2) is 7.66. The van der Waals surface area contributed by atoms with Crippen LogP contribution in [0, 0.1) is 5.92 Å². The van der Waals surface area contributed by atoms with Crippen molar-refractivity contribution in [1.82, 2.24) is 9.80 Å². The van der Waals surface area contributed by atoms with Crippen LogP contribution < -0.4 is 0 Å². The topological polar surface area (TPSA) is 57.7 Å². The fourth-order valence-corrected chi connectivity index (χ4v) is 5.49. The molecule has 1 aromatic rings. The van der Waals surface area contributed by atoms with Gasteiger partial charge in [-0.1, -0.05) is 30.3 Å². The quantitative estimate of drug-likeness (QED) is 0.808. The molecule has 0 saturated carbocycles. The Balaban J connectivity index is 1.39. The Kier molecular flexibility index (Phi) is 5.56. The summed E-state index contributed by atoms with van der Waals surface area (Å²) in [6.45, 7) is 4.28. The first-order valence-electron chi connectivity index (χ1n) is 8.76. The van der Waals surface area contributed by atoms with E-state index in [2.05, 4.69) is 29.2 Å². The van der Waals surface area contributed by atoms with Crippen molar-refractivity contribution in [1.29, 1.82) is 0 Å². The highest BCUT2D eigenvalue weighted by molar-refractivity contribution is 7.91. The van der Waals surface area contributed by atoms with Gasteiger partial charge in [-0.25, -0.2) is 8.42 Å². The van der Waals surface area contributed by atoms with Crippen LogP contribution in [0.15, 0.2) is 30.3 Å². The minimum atomic E-state index is -2.84. The number of benzene rings is 1. The van der Waals surface area contributed by atoms with Gasteiger partial charge in [-0.15, -0.1) is 0 Å². The van der Waals surface area contributed by atoms with Crippen LogP contribution in [0.5, 0.6) is 0 Å². The van der Waals surface area contributed by atoms with Crippen LogP contribution in [0.2, 0.25) is 0 Å². The predicted octanol–water partition coefficient (Wildman–Crippen LogP) is 1.55. The molecular formula is C18H26N2O3S. The lowest BCUT2D eigenvalue weighted by molar-refractivity contribution is -0.133. The molecule has 132 valence electrons. The molecule has 1 aromatic carbocycles. The van der Waals surface area contributed by atoms with Crippen LogP contribution in [0.1, 0.15) is 24.8 Å². The summed E-state index contributed by atoms with van der Waals surface area (Å²) in [4.78, 5) is 16.7. The molecule has 6 heteroatoms. The monoisotopic (exact) mass is 350 g/mol. The lowest BCUT2D eigenvalue weighted by Crippen LogP contribution is -2.48. The van der Waals surface area contributed by atoms with E-state index < -0.39 is 9.84 Å². The highest BCUT2D eigenvalue weighted by Crippen LogP contribution is 2.23. The number of amides is 1. The maximum Gasteiger partial charge on any atom is 0.222 e. The van der Waals surface area contributed by atoms with Crippen molar-refractivity contribution >= 4 is 15.7 Å². The predicted molar refractivity (Wildman–Crippen MR) is 94.3 cm³/mol. The molecule has 2 aliphatic rings. The van der Waals surface area contributed by atoms with Crippen LogP contribution in [0.25, 0.3) is 0 Å². The first kappa shape index (κ1) is 17.4. The van der Waals surface area contributed by atoms with Gasteiger partial charge in [0.2, 0.25) is 5.91 Å². The van der Waals surface area contributed by atoms with Crippen molar-refractivity contribution in [2.45, 2.75) is 25.8 Å². The van der Waals surface area contributed by atoms with Crippen molar-refractivity contribution in [2.75, 3.05) is 37.7 Å². The molecule has 0 spiro atoms. The van der Waals surface area contributed by atoms with Gasteiger partial charge in [-0.05, 0) is 24.3 Å². The molecule has 2 fully saturated rings. The number of hydrogen-bond acceptors (Lipinski definition) is 4. The van der Waals surface area contributed by atoms with Gasteiger partial charge in [-0.3, -0.25) is 9.69 Å². The molecule has 0 radical (unpaired) electrons. The molecule has 0 aliphatic carbocycles. The Hall–Kier alpha value is -1.40. The third-order valence-electron chi connectivity index (χ3n) is 5.07. The van der Waals surface area contributed by atoms with Gasteiger partial charge < -0.3 is 4.90 Å². The van der Waals surface area contributed by atoms with Crippen LogP contribution in [0.4, 0.5) is 0 Å². The van der Waals surface area contributed by atoms with Gasteiger partial charge in [0.05, 0.1) is 11.5 Å². The molecule has 2 heterocycles. The van der Waals surface area contributed by atoms with E-state index in [1.54, 1.807) is 0 Å². The summed E-state index contributed by atoms with van der Waals surface area (Å²) < 4.78 is 22.9. The summed E-state index contributed by atoms with van der Waals surface area (Å²) in [7, 11) is -2.84. The van der Waals surface area contributed by atoms with Gasteiger partial charge in [0.25, 0.3) is 0 Å². The third-order valence-corrected chi connectivity index (χ3v) is 6.90. The van der Waals surface area contributed by atoms with Crippen molar-refractivity contribution < 1.29 is 13.2 Å². The molecule has 1 amide bonds. The van der Waals surface area contributed by atoms with E-state index in [9.17, 15) is 13.2 Å². The minimum Gasteiger partial charge on any atom is -0.340 e. The average Bonchev–Trinajstić information content (AvgIpc) is 2.93. The highest BCUT2D eigenvalue weighted by atomic mass is 32.2. The molecule has 0 N–H and O–H groups in total. The van der Waals surface area contributed by atoms with E-state index in [4.69, 9.17) is 0 Å². The van der Waals surface area contributed by atoms with Gasteiger partial charge in [0, 0.05) is 39.1 Å². The van der Waals surface area contributed by atoms with Crippen LogP contribution in [-0.4, -0.2) is 61.8 Å². The van der Waals surface area contributed by atoms with Crippen LogP contribution in [-0.2, 0) is 21.2 Å². The number of carbonyl (C=O) groups excluding carboxylic acids is 1. The Morgan fingerprint density at radius 1 is 1.08 bits per heavy atom. The molecule has 3 rings (SSSR count). The summed E-state index contributed by atoms with van der Waals surface area (Å²) in [5.74, 6) is 0.923. The van der Waals surface area contributed by atoms with Crippen molar-refractivity contribution in [3.05, 3.63) is 35.9 Å². The van der Waals surface area contributed by atoms with Gasteiger partial charge >= 0.3 is 0 Å². The van der Waals surface area contributed by atoms with E-state index in [-0.39, 0.29) is 17.6 Å². The summed E-state index contributed by atoms with van der Waals surface area (Å²) >= 11 is 0. The van der Waals surface area contributed by atoms with Crippen LogP contribution >= 0.6 is 0 Å². The average molecular weight is 350 g/mol. The summed E-state index contributed by atoms with van der Waals surface area (Å²) in [6.07, 6.45) is 1.92. The zero-order chi connectivity index (χ0) is 17.0. The summed E-state index contributed by atoms with van der Waals surface area (Å²) in [5, 5.41) is 0. The molecule has 1 atom stereocenters. The van der Waals surface area contributed by atoms with E-state index in [1.807, 2.05) is 11.0 Å². The Morgan fingerprint density at radius 3 is 2.42 bits per heavy atom. The summed E-state index contributed by atoms with van der Waals surface area (Å²) in [5.41, 5.74) is 1.31.